The summed E-state index contributed by atoms with van der Waals surface area (Å²) in [6.07, 6.45) is 2.10. The van der Waals surface area contributed by atoms with E-state index in [-0.39, 0.29) is 0 Å². The first-order valence-electron chi connectivity index (χ1n) is 6.80. The van der Waals surface area contributed by atoms with Gasteiger partial charge in [0.15, 0.2) is 0 Å². The molecule has 0 atom stereocenters. The molecule has 1 aromatic heterocycles. The molecule has 0 aliphatic carbocycles. The van der Waals surface area contributed by atoms with Crippen molar-refractivity contribution in [1.82, 2.24) is 14.7 Å². The molecule has 0 bridgehead atoms. The Bertz CT molecular complexity index is 384. The van der Waals surface area contributed by atoms with Gasteiger partial charge in [-0.15, -0.1) is 0 Å². The summed E-state index contributed by atoms with van der Waals surface area (Å²) >= 11 is 3.71. The van der Waals surface area contributed by atoms with Gasteiger partial charge in [0.2, 0.25) is 0 Å². The van der Waals surface area contributed by atoms with Crippen molar-refractivity contribution in [3.63, 3.8) is 0 Å². The molecule has 2 heterocycles. The fraction of sp³-hybridized carbons (Fsp3) is 0.769. The third-order valence-corrected chi connectivity index (χ3v) is 4.30. The maximum Gasteiger partial charge on any atom is 0.0767 e. The van der Waals surface area contributed by atoms with Crippen molar-refractivity contribution in [1.29, 1.82) is 0 Å². The number of hydrogen-bond acceptors (Lipinski definition) is 3. The Hall–Kier alpha value is -0.390. The Morgan fingerprint density at radius 1 is 1.28 bits per heavy atom. The van der Waals surface area contributed by atoms with E-state index in [4.69, 9.17) is 4.74 Å². The Balaban J connectivity index is 2.13. The van der Waals surface area contributed by atoms with Crippen molar-refractivity contribution in [3.8, 4) is 0 Å². The van der Waals surface area contributed by atoms with Crippen LogP contribution in [0.2, 0.25) is 0 Å². The van der Waals surface area contributed by atoms with Crippen molar-refractivity contribution in [2.75, 3.05) is 26.3 Å². The lowest BCUT2D eigenvalue weighted by Gasteiger charge is -2.19. The van der Waals surface area contributed by atoms with Crippen molar-refractivity contribution < 1.29 is 4.74 Å². The van der Waals surface area contributed by atoms with Crippen LogP contribution < -0.4 is 0 Å². The van der Waals surface area contributed by atoms with Crippen LogP contribution in [0.1, 0.15) is 31.7 Å². The van der Waals surface area contributed by atoms with E-state index in [1.165, 1.54) is 10.2 Å². The Kier molecular flexibility index (Phi) is 5.21. The van der Waals surface area contributed by atoms with E-state index in [0.29, 0.717) is 0 Å². The number of aryl methyl sites for hydroxylation is 2. The maximum absolute atomic E-state index is 5.50. The molecule has 0 spiro atoms. The third-order valence-electron chi connectivity index (χ3n) is 3.38. The Morgan fingerprint density at radius 3 is 2.83 bits per heavy atom. The second-order valence-electron chi connectivity index (χ2n) is 4.62. The van der Waals surface area contributed by atoms with Crippen LogP contribution >= 0.6 is 15.9 Å². The minimum atomic E-state index is 0.846. The van der Waals surface area contributed by atoms with E-state index < -0.39 is 0 Å². The highest BCUT2D eigenvalue weighted by Crippen LogP contribution is 2.24. The fourth-order valence-electron chi connectivity index (χ4n) is 2.34. The molecular formula is C13H22BrN3O. The molecule has 102 valence electrons. The van der Waals surface area contributed by atoms with Crippen LogP contribution in [0.15, 0.2) is 4.47 Å². The van der Waals surface area contributed by atoms with Crippen LogP contribution in [0.4, 0.5) is 0 Å². The van der Waals surface area contributed by atoms with Crippen molar-refractivity contribution in [2.45, 2.75) is 39.8 Å². The Morgan fingerprint density at radius 2 is 2.11 bits per heavy atom. The summed E-state index contributed by atoms with van der Waals surface area (Å²) in [4.78, 5) is 2.46. The van der Waals surface area contributed by atoms with Gasteiger partial charge in [-0.2, -0.15) is 5.10 Å². The molecule has 0 radical (unpaired) electrons. The summed E-state index contributed by atoms with van der Waals surface area (Å²) < 4.78 is 8.81. The van der Waals surface area contributed by atoms with Gasteiger partial charge in [-0.1, -0.05) is 6.92 Å². The van der Waals surface area contributed by atoms with Crippen LogP contribution in [0.3, 0.4) is 0 Å². The molecule has 4 nitrogen and oxygen atoms in total. The largest absolute Gasteiger partial charge is 0.380 e. The highest BCUT2D eigenvalue weighted by molar-refractivity contribution is 9.10. The van der Waals surface area contributed by atoms with E-state index in [2.05, 4.69) is 44.5 Å². The van der Waals surface area contributed by atoms with Crippen LogP contribution in [0, 0.1) is 0 Å². The van der Waals surface area contributed by atoms with Gasteiger partial charge in [0, 0.05) is 32.8 Å². The second-order valence-corrected chi connectivity index (χ2v) is 5.41. The predicted molar refractivity (Wildman–Crippen MR) is 75.7 cm³/mol. The van der Waals surface area contributed by atoms with Gasteiger partial charge in [-0.05, 0) is 35.7 Å². The molecule has 2 rings (SSSR count). The van der Waals surface area contributed by atoms with E-state index in [0.717, 1.165) is 57.9 Å². The third kappa shape index (κ3) is 3.13. The van der Waals surface area contributed by atoms with Crippen LogP contribution in [0.25, 0.3) is 0 Å². The van der Waals surface area contributed by atoms with Gasteiger partial charge in [-0.25, -0.2) is 0 Å². The number of halogens is 1. The normalized spacial score (nSPS) is 17.9. The summed E-state index contributed by atoms with van der Waals surface area (Å²) in [5.74, 6) is 0. The second kappa shape index (κ2) is 6.68. The standard InChI is InChI=1S/C13H22BrN3O/c1-3-11-13(14)12(17(4-2)15-11)10-16-6-5-8-18-9-7-16/h3-10H2,1-2H3. The zero-order chi connectivity index (χ0) is 13.0. The first-order valence-corrected chi connectivity index (χ1v) is 7.59. The fourth-order valence-corrected chi connectivity index (χ4v) is 3.03. The van der Waals surface area contributed by atoms with Gasteiger partial charge in [0.25, 0.3) is 0 Å². The number of aromatic nitrogens is 2. The molecule has 18 heavy (non-hydrogen) atoms. The van der Waals surface area contributed by atoms with Crippen molar-refractivity contribution >= 4 is 15.9 Å². The summed E-state index contributed by atoms with van der Waals surface area (Å²) in [5.41, 5.74) is 2.47. The van der Waals surface area contributed by atoms with E-state index >= 15 is 0 Å². The number of hydrogen-bond donors (Lipinski definition) is 0. The van der Waals surface area contributed by atoms with Gasteiger partial charge in [0.05, 0.1) is 22.5 Å². The zero-order valence-electron chi connectivity index (χ0n) is 11.3. The smallest absolute Gasteiger partial charge is 0.0767 e. The lowest BCUT2D eigenvalue weighted by atomic mass is 10.3. The first-order chi connectivity index (χ1) is 8.76. The van der Waals surface area contributed by atoms with Crippen LogP contribution in [0.5, 0.6) is 0 Å². The molecule has 0 aromatic carbocycles. The van der Waals surface area contributed by atoms with Crippen LogP contribution in [-0.2, 0) is 24.2 Å². The van der Waals surface area contributed by atoms with E-state index in [1.807, 2.05) is 0 Å². The summed E-state index contributed by atoms with van der Waals surface area (Å²) in [6, 6.07) is 0. The monoisotopic (exact) mass is 315 g/mol. The maximum atomic E-state index is 5.50. The lowest BCUT2D eigenvalue weighted by molar-refractivity contribution is 0.140. The summed E-state index contributed by atoms with van der Waals surface area (Å²) in [7, 11) is 0. The van der Waals surface area contributed by atoms with Gasteiger partial charge < -0.3 is 4.74 Å². The van der Waals surface area contributed by atoms with Crippen molar-refractivity contribution in [3.05, 3.63) is 15.9 Å². The first kappa shape index (κ1) is 14.0. The number of ether oxygens (including phenoxy) is 1. The molecular weight excluding hydrogens is 294 g/mol. The van der Waals surface area contributed by atoms with E-state index in [9.17, 15) is 0 Å². The predicted octanol–water partition coefficient (Wildman–Crippen LogP) is 2.45. The Labute approximate surface area is 117 Å². The van der Waals surface area contributed by atoms with Gasteiger partial charge >= 0.3 is 0 Å². The molecule has 1 aliphatic rings. The highest BCUT2D eigenvalue weighted by atomic mass is 79.9. The minimum Gasteiger partial charge on any atom is -0.380 e. The summed E-state index contributed by atoms with van der Waals surface area (Å²) in [6.45, 7) is 10.1. The highest BCUT2D eigenvalue weighted by Gasteiger charge is 2.17. The minimum absolute atomic E-state index is 0.846. The molecule has 0 amide bonds. The summed E-state index contributed by atoms with van der Waals surface area (Å²) in [5, 5.41) is 4.65. The topological polar surface area (TPSA) is 30.3 Å². The average molecular weight is 316 g/mol. The molecule has 1 saturated heterocycles. The van der Waals surface area contributed by atoms with Gasteiger partial charge in [0.1, 0.15) is 0 Å². The molecule has 0 unspecified atom stereocenters. The average Bonchev–Trinajstić information content (AvgIpc) is 2.58. The molecule has 5 heteroatoms. The molecule has 1 aliphatic heterocycles. The number of nitrogens with zero attached hydrogens (tertiary/aromatic N) is 3. The van der Waals surface area contributed by atoms with E-state index in [1.54, 1.807) is 0 Å². The van der Waals surface area contributed by atoms with Gasteiger partial charge in [-0.3, -0.25) is 9.58 Å². The quantitative estimate of drug-likeness (QED) is 0.855. The number of rotatable bonds is 4. The van der Waals surface area contributed by atoms with Crippen LogP contribution in [-0.4, -0.2) is 41.0 Å². The SMILES string of the molecule is CCc1nn(CC)c(CN2CCCOCC2)c1Br. The molecule has 1 fully saturated rings. The molecule has 1 aromatic rings. The van der Waals surface area contributed by atoms with Crippen molar-refractivity contribution in [2.24, 2.45) is 0 Å². The molecule has 0 N–H and O–H groups in total. The lowest BCUT2D eigenvalue weighted by Crippen LogP contribution is -2.27. The molecule has 0 saturated carbocycles. The zero-order valence-corrected chi connectivity index (χ0v) is 12.9.